The van der Waals surface area contributed by atoms with E-state index in [0.29, 0.717) is 0 Å². The van der Waals surface area contributed by atoms with Crippen LogP contribution in [0.25, 0.3) is 0 Å². The van der Waals surface area contributed by atoms with Crippen molar-refractivity contribution in [2.75, 3.05) is 0 Å². The van der Waals surface area contributed by atoms with Gasteiger partial charge in [-0.15, -0.1) is 0 Å². The molecule has 7 heteroatoms. The molecule has 0 saturated heterocycles. The van der Waals surface area contributed by atoms with Crippen molar-refractivity contribution in [3.05, 3.63) is 73.4 Å². The van der Waals surface area contributed by atoms with Gasteiger partial charge in [0.25, 0.3) is 0 Å². The van der Waals surface area contributed by atoms with Crippen LogP contribution in [-0.4, -0.2) is 11.6 Å². The molecule has 3 rings (SSSR count). The van der Waals surface area contributed by atoms with Crippen molar-refractivity contribution < 1.29 is 14.3 Å². The van der Waals surface area contributed by atoms with Gasteiger partial charge in [-0.1, -0.05) is 70.7 Å². The van der Waals surface area contributed by atoms with Crippen molar-refractivity contribution in [2.45, 2.75) is 0 Å². The van der Waals surface area contributed by atoms with E-state index in [1.807, 2.05) is 0 Å². The maximum absolute atomic E-state index is 12.5. The molecule has 0 N–H and O–H groups in total. The minimum absolute atomic E-state index is 0.0785. The number of hydrogen-bond acceptors (Lipinski definition) is 3. The van der Waals surface area contributed by atoms with Gasteiger partial charge in [-0.25, -0.2) is 0 Å². The number of rotatable bonds is 2. The largest absolute Gasteiger partial charge is 0.450 e. The molecule has 2 aromatic carbocycles. The molecule has 1 aliphatic rings. The van der Waals surface area contributed by atoms with Crippen LogP contribution in [-0.2, 0) is 0 Å². The van der Waals surface area contributed by atoms with E-state index in [9.17, 15) is 9.59 Å². The Hall–Kier alpha value is -1.52. The van der Waals surface area contributed by atoms with E-state index in [1.54, 1.807) is 12.1 Å². The number of ketones is 2. The summed E-state index contributed by atoms with van der Waals surface area (Å²) in [6.07, 6.45) is 0. The van der Waals surface area contributed by atoms with Gasteiger partial charge in [-0.2, -0.15) is 0 Å². The third-order valence-corrected chi connectivity index (χ3v) is 4.57. The molecule has 0 spiro atoms. The van der Waals surface area contributed by atoms with Crippen LogP contribution in [0.15, 0.2) is 47.2 Å². The zero-order valence-corrected chi connectivity index (χ0v) is 14.2. The van der Waals surface area contributed by atoms with Crippen molar-refractivity contribution >= 4 is 58.0 Å². The second-order valence-corrected chi connectivity index (χ2v) is 6.25. The average molecular weight is 388 g/mol. The van der Waals surface area contributed by atoms with Gasteiger partial charge in [-0.3, -0.25) is 9.59 Å². The molecule has 0 fully saturated rings. The van der Waals surface area contributed by atoms with Crippen molar-refractivity contribution in [1.29, 1.82) is 0 Å². The minimum Gasteiger partial charge on any atom is -0.450 e. The van der Waals surface area contributed by atoms with Crippen molar-refractivity contribution in [3.63, 3.8) is 0 Å². The van der Waals surface area contributed by atoms with Crippen molar-refractivity contribution in [1.82, 2.24) is 0 Å². The van der Waals surface area contributed by atoms with Crippen LogP contribution in [0.4, 0.5) is 0 Å². The SMILES string of the molecule is O=C1C(Cl)=C(Oc2cc(Cl)c(Cl)cc2Cl)C(=O)c2ccccc21. The summed E-state index contributed by atoms with van der Waals surface area (Å²) in [6, 6.07) is 9.07. The third kappa shape index (κ3) is 2.86. The Kier molecular flexibility index (Phi) is 4.39. The van der Waals surface area contributed by atoms with Crippen LogP contribution in [0.2, 0.25) is 15.1 Å². The second kappa shape index (κ2) is 6.17. The third-order valence-electron chi connectivity index (χ3n) is 3.21. The predicted molar refractivity (Wildman–Crippen MR) is 90.1 cm³/mol. The highest BCUT2D eigenvalue weighted by Gasteiger charge is 2.33. The summed E-state index contributed by atoms with van der Waals surface area (Å²) in [5.74, 6) is -1.22. The molecule has 0 amide bonds. The summed E-state index contributed by atoms with van der Waals surface area (Å²) in [4.78, 5) is 24.8. The van der Waals surface area contributed by atoms with E-state index >= 15 is 0 Å². The Morgan fingerprint density at radius 1 is 0.739 bits per heavy atom. The fraction of sp³-hybridized carbons (Fsp3) is 0. The lowest BCUT2D eigenvalue weighted by atomic mass is 9.93. The highest BCUT2D eigenvalue weighted by atomic mass is 35.5. The molecule has 1 aliphatic carbocycles. The first-order valence-electron chi connectivity index (χ1n) is 6.30. The molecule has 3 nitrogen and oxygen atoms in total. The number of fused-ring (bicyclic) bond motifs is 1. The highest BCUT2D eigenvalue weighted by molar-refractivity contribution is 6.49. The van der Waals surface area contributed by atoms with Gasteiger partial charge in [0, 0.05) is 17.2 Å². The number of Topliss-reactive ketones (excluding diaryl/α,β-unsaturated/α-hetero) is 2. The number of benzene rings is 2. The van der Waals surface area contributed by atoms with Gasteiger partial charge in [0.15, 0.2) is 5.76 Å². The fourth-order valence-electron chi connectivity index (χ4n) is 2.11. The number of ether oxygens (including phenoxy) is 1. The quantitative estimate of drug-likeness (QED) is 0.634. The monoisotopic (exact) mass is 386 g/mol. The van der Waals surface area contributed by atoms with Crippen LogP contribution in [0.1, 0.15) is 20.7 Å². The molecule has 0 atom stereocenters. The maximum atomic E-state index is 12.5. The second-order valence-electron chi connectivity index (χ2n) is 4.65. The topological polar surface area (TPSA) is 43.4 Å². The number of halogens is 4. The molecule has 23 heavy (non-hydrogen) atoms. The predicted octanol–water partition coefficient (Wildman–Crippen LogP) is 5.56. The molecule has 0 aromatic heterocycles. The molecule has 0 saturated carbocycles. The lowest BCUT2D eigenvalue weighted by Crippen LogP contribution is -2.23. The van der Waals surface area contributed by atoms with E-state index < -0.39 is 11.6 Å². The summed E-state index contributed by atoms with van der Waals surface area (Å²) in [7, 11) is 0. The first-order chi connectivity index (χ1) is 10.9. The Balaban J connectivity index is 2.07. The first-order valence-corrected chi connectivity index (χ1v) is 7.82. The van der Waals surface area contributed by atoms with Gasteiger partial charge < -0.3 is 4.74 Å². The van der Waals surface area contributed by atoms with Crippen LogP contribution in [0.5, 0.6) is 5.75 Å². The molecule has 0 radical (unpaired) electrons. The van der Waals surface area contributed by atoms with E-state index in [0.717, 1.165) is 0 Å². The van der Waals surface area contributed by atoms with Crippen molar-refractivity contribution in [2.24, 2.45) is 0 Å². The fourth-order valence-corrected chi connectivity index (χ4v) is 2.91. The van der Waals surface area contributed by atoms with Gasteiger partial charge in [-0.05, 0) is 6.07 Å². The summed E-state index contributed by atoms with van der Waals surface area (Å²) in [5, 5.41) is 0.254. The number of hydrogen-bond donors (Lipinski definition) is 0. The molecular formula is C16H6Cl4O3. The van der Waals surface area contributed by atoms with Crippen LogP contribution >= 0.6 is 46.4 Å². The molecule has 116 valence electrons. The van der Waals surface area contributed by atoms with Crippen LogP contribution in [0.3, 0.4) is 0 Å². The maximum Gasteiger partial charge on any atom is 0.230 e. The zero-order valence-electron chi connectivity index (χ0n) is 11.2. The van der Waals surface area contributed by atoms with Gasteiger partial charge >= 0.3 is 0 Å². The summed E-state index contributed by atoms with van der Waals surface area (Å²) in [5.41, 5.74) is 0.447. The van der Waals surface area contributed by atoms with Crippen LogP contribution < -0.4 is 4.74 Å². The minimum atomic E-state index is -0.507. The molecule has 0 heterocycles. The summed E-state index contributed by atoms with van der Waals surface area (Å²) in [6.45, 7) is 0. The van der Waals surface area contributed by atoms with Gasteiger partial charge in [0.2, 0.25) is 11.6 Å². The highest BCUT2D eigenvalue weighted by Crippen LogP contribution is 2.37. The molecule has 2 aromatic rings. The van der Waals surface area contributed by atoms with E-state index in [-0.39, 0.29) is 42.7 Å². The van der Waals surface area contributed by atoms with Gasteiger partial charge in [0.05, 0.1) is 15.1 Å². The molecular weight excluding hydrogens is 382 g/mol. The van der Waals surface area contributed by atoms with E-state index in [2.05, 4.69) is 0 Å². The number of allylic oxidation sites excluding steroid dienone is 2. The normalized spacial score (nSPS) is 14.1. The lowest BCUT2D eigenvalue weighted by molar-refractivity contribution is 0.0943. The number of carbonyl (C=O) groups excluding carboxylic acids is 2. The Bertz CT molecular complexity index is 887. The smallest absolute Gasteiger partial charge is 0.230 e. The zero-order chi connectivity index (χ0) is 16.7. The molecule has 0 aliphatic heterocycles. The Labute approximate surface area is 151 Å². The summed E-state index contributed by atoms with van der Waals surface area (Å²) < 4.78 is 5.48. The lowest BCUT2D eigenvalue weighted by Gasteiger charge is -2.18. The first kappa shape index (κ1) is 16.3. The van der Waals surface area contributed by atoms with Crippen molar-refractivity contribution in [3.8, 4) is 5.75 Å². The van der Waals surface area contributed by atoms with E-state index in [4.69, 9.17) is 51.1 Å². The Morgan fingerprint density at radius 3 is 1.96 bits per heavy atom. The molecule has 0 bridgehead atoms. The van der Waals surface area contributed by atoms with Crippen LogP contribution in [0, 0.1) is 0 Å². The molecule has 0 unspecified atom stereocenters. The average Bonchev–Trinajstić information content (AvgIpc) is 2.54. The standard InChI is InChI=1S/C16H6Cl4O3/c17-9-5-11(19)12(6-10(9)18)23-16-13(20)14(21)7-3-1-2-4-8(7)15(16)22/h1-6H. The van der Waals surface area contributed by atoms with Gasteiger partial charge in [0.1, 0.15) is 10.8 Å². The number of carbonyl (C=O) groups is 2. The Morgan fingerprint density at radius 2 is 1.30 bits per heavy atom. The van der Waals surface area contributed by atoms with E-state index in [1.165, 1.54) is 24.3 Å². The summed E-state index contributed by atoms with van der Waals surface area (Å²) >= 11 is 23.8.